The molecule has 4 aliphatic rings. The normalized spacial score (nSPS) is 24.8. The summed E-state index contributed by atoms with van der Waals surface area (Å²) in [7, 11) is 0. The maximum absolute atomic E-state index is 14.3. The van der Waals surface area contributed by atoms with E-state index in [1.807, 2.05) is 4.90 Å². The number of hydrogen-bond donors (Lipinski definition) is 2. The van der Waals surface area contributed by atoms with Gasteiger partial charge in [0.2, 0.25) is 0 Å². The Balaban J connectivity index is 1.02. The smallest absolute Gasteiger partial charge is 0.325 e. The molecule has 0 amide bonds. The summed E-state index contributed by atoms with van der Waals surface area (Å²) in [6.07, 6.45) is 8.91. The van der Waals surface area contributed by atoms with Gasteiger partial charge in [0.15, 0.2) is 0 Å². The van der Waals surface area contributed by atoms with E-state index in [2.05, 4.69) is 17.4 Å². The Bertz CT molecular complexity index is 1170. The highest BCUT2D eigenvalue weighted by Crippen LogP contribution is 2.58. The summed E-state index contributed by atoms with van der Waals surface area (Å²) in [5.74, 6) is -0.328. The number of hydrogen-bond acceptors (Lipinski definition) is 6. The lowest BCUT2D eigenvalue weighted by Crippen LogP contribution is -2.34. The second kappa shape index (κ2) is 10.9. The van der Waals surface area contributed by atoms with Crippen molar-refractivity contribution in [2.45, 2.75) is 76.0 Å². The van der Waals surface area contributed by atoms with Crippen molar-refractivity contribution in [2.24, 2.45) is 5.41 Å². The van der Waals surface area contributed by atoms with Gasteiger partial charge < -0.3 is 19.9 Å². The van der Waals surface area contributed by atoms with Crippen LogP contribution in [0.3, 0.4) is 0 Å². The topological polar surface area (TPSA) is 83.9 Å². The largest absolute Gasteiger partial charge is 0.480 e. The van der Waals surface area contributed by atoms with Gasteiger partial charge >= 0.3 is 5.97 Å². The van der Waals surface area contributed by atoms with E-state index in [1.54, 1.807) is 6.07 Å². The number of carboxylic acids is 1. The number of anilines is 1. The summed E-state index contributed by atoms with van der Waals surface area (Å²) >= 11 is 0. The molecule has 3 aliphatic heterocycles. The van der Waals surface area contributed by atoms with Gasteiger partial charge in [0.05, 0.1) is 18.8 Å². The second-order valence-corrected chi connectivity index (χ2v) is 11.6. The number of carbonyl (C=O) groups is 1. The number of fused-ring (bicyclic) bond motifs is 1. The third-order valence-electron chi connectivity index (χ3n) is 8.76. The fraction of sp³-hybridized carbons (Fsp3) is 0.600. The van der Waals surface area contributed by atoms with Crippen LogP contribution in [0, 0.1) is 11.2 Å². The number of pyridine rings is 1. The van der Waals surface area contributed by atoms with Crippen molar-refractivity contribution in [2.75, 3.05) is 38.2 Å². The molecule has 6 rings (SSSR count). The van der Waals surface area contributed by atoms with E-state index in [0.29, 0.717) is 31.9 Å². The van der Waals surface area contributed by atoms with Crippen molar-refractivity contribution in [3.05, 3.63) is 58.5 Å². The third-order valence-corrected chi connectivity index (χ3v) is 8.76. The van der Waals surface area contributed by atoms with Gasteiger partial charge in [0, 0.05) is 31.9 Å². The molecule has 2 unspecified atom stereocenters. The zero-order chi connectivity index (χ0) is 26.1. The minimum atomic E-state index is -0.955. The van der Waals surface area contributed by atoms with Gasteiger partial charge in [-0.1, -0.05) is 12.1 Å². The summed E-state index contributed by atoms with van der Waals surface area (Å²) in [4.78, 5) is 19.2. The number of benzene rings is 1. The van der Waals surface area contributed by atoms with Crippen LogP contribution in [0.1, 0.15) is 79.5 Å². The van der Waals surface area contributed by atoms with Crippen molar-refractivity contribution in [1.29, 1.82) is 0 Å². The van der Waals surface area contributed by atoms with Gasteiger partial charge in [-0.2, -0.15) is 0 Å². The van der Waals surface area contributed by atoms with E-state index in [9.17, 15) is 14.3 Å². The summed E-state index contributed by atoms with van der Waals surface area (Å²) in [6.45, 7) is 3.49. The van der Waals surface area contributed by atoms with Crippen molar-refractivity contribution in [3.8, 4) is 0 Å². The number of nitrogens with zero attached hydrogens (tertiary/aromatic N) is 2. The Labute approximate surface area is 223 Å². The van der Waals surface area contributed by atoms with Gasteiger partial charge in [-0.3, -0.25) is 9.69 Å². The van der Waals surface area contributed by atoms with Gasteiger partial charge in [0.25, 0.3) is 0 Å². The molecule has 204 valence electrons. The number of aliphatic carboxylic acids is 1. The monoisotopic (exact) mass is 523 g/mol. The molecule has 3 atom stereocenters. The predicted molar refractivity (Wildman–Crippen MR) is 142 cm³/mol. The minimum absolute atomic E-state index is 0.0163. The number of carboxylic acid groups (broad SMARTS) is 1. The van der Waals surface area contributed by atoms with Crippen LogP contribution in [0.15, 0.2) is 30.3 Å². The summed E-state index contributed by atoms with van der Waals surface area (Å²) in [6, 6.07) is 7.97. The number of aryl methyl sites for hydroxylation is 2. The van der Waals surface area contributed by atoms with Gasteiger partial charge in [-0.25, -0.2) is 9.37 Å². The van der Waals surface area contributed by atoms with Crippen LogP contribution in [-0.4, -0.2) is 59.9 Å². The van der Waals surface area contributed by atoms with E-state index in [1.165, 1.54) is 17.7 Å². The highest BCUT2D eigenvalue weighted by molar-refractivity contribution is 5.76. The van der Waals surface area contributed by atoms with E-state index < -0.39 is 17.8 Å². The number of ether oxygens (including phenoxy) is 2. The average Bonchev–Trinajstić information content (AvgIpc) is 3.30. The number of unbranched alkanes of at least 4 members (excludes halogenated alkanes) is 1. The molecule has 1 aliphatic carbocycles. The molecular formula is C30H38FN3O4. The first-order valence-corrected chi connectivity index (χ1v) is 14.2. The molecule has 2 N–H and O–H groups in total. The zero-order valence-corrected chi connectivity index (χ0v) is 22.0. The molecule has 3 fully saturated rings. The number of aromatic nitrogens is 1. The highest BCUT2D eigenvalue weighted by atomic mass is 19.1. The second-order valence-electron chi connectivity index (χ2n) is 11.6. The highest BCUT2D eigenvalue weighted by Gasteiger charge is 2.50. The molecule has 7 nitrogen and oxygen atoms in total. The van der Waals surface area contributed by atoms with Crippen LogP contribution in [0.25, 0.3) is 0 Å². The lowest BCUT2D eigenvalue weighted by molar-refractivity contribution is -0.143. The Morgan fingerprint density at radius 3 is 3.00 bits per heavy atom. The molecule has 2 aromatic rings. The number of halogens is 1. The number of rotatable bonds is 10. The molecule has 2 saturated heterocycles. The van der Waals surface area contributed by atoms with Crippen molar-refractivity contribution in [3.63, 3.8) is 0 Å². The van der Waals surface area contributed by atoms with Crippen LogP contribution in [-0.2, 0) is 27.1 Å². The lowest BCUT2D eigenvalue weighted by atomic mass is 9.91. The van der Waals surface area contributed by atoms with Gasteiger partial charge in [-0.15, -0.1) is 0 Å². The molecule has 1 saturated carbocycles. The van der Waals surface area contributed by atoms with Crippen molar-refractivity contribution >= 4 is 11.8 Å². The quantitative estimate of drug-likeness (QED) is 0.421. The molecule has 1 aromatic heterocycles. The zero-order valence-electron chi connectivity index (χ0n) is 22.0. The maximum atomic E-state index is 14.3. The number of likely N-dealkylation sites (tertiary alicyclic amines) is 1. The maximum Gasteiger partial charge on any atom is 0.325 e. The fourth-order valence-electron chi connectivity index (χ4n) is 6.37. The summed E-state index contributed by atoms with van der Waals surface area (Å²) < 4.78 is 26.6. The Morgan fingerprint density at radius 1 is 1.29 bits per heavy atom. The molecular weight excluding hydrogens is 485 g/mol. The predicted octanol–water partition coefficient (Wildman–Crippen LogP) is 5.06. The third kappa shape index (κ3) is 5.58. The molecule has 0 radical (unpaired) electrons. The lowest BCUT2D eigenvalue weighted by Gasteiger charge is -2.28. The Morgan fingerprint density at radius 2 is 2.18 bits per heavy atom. The molecule has 4 heterocycles. The summed E-state index contributed by atoms with van der Waals surface area (Å²) in [5.41, 5.74) is 4.01. The summed E-state index contributed by atoms with van der Waals surface area (Å²) in [5, 5.41) is 13.6. The van der Waals surface area contributed by atoms with Crippen LogP contribution in [0.2, 0.25) is 0 Å². The SMILES string of the molecule is O=C(O)C(c1cc(F)ccc1C1CC2(CC2)CO1)N1CC[C@@H](OCCCCc2ccc3c(n2)NCCC3)C1. The van der Waals surface area contributed by atoms with Crippen molar-refractivity contribution < 1.29 is 23.8 Å². The van der Waals surface area contributed by atoms with E-state index in [4.69, 9.17) is 14.5 Å². The van der Waals surface area contributed by atoms with Crippen LogP contribution in [0.5, 0.6) is 0 Å². The first-order chi connectivity index (χ1) is 18.5. The molecule has 38 heavy (non-hydrogen) atoms. The van der Waals surface area contributed by atoms with Gasteiger partial charge in [-0.05, 0) is 98.1 Å². The van der Waals surface area contributed by atoms with Gasteiger partial charge in [0.1, 0.15) is 17.7 Å². The molecule has 8 heteroatoms. The van der Waals surface area contributed by atoms with Crippen LogP contribution >= 0.6 is 0 Å². The van der Waals surface area contributed by atoms with Crippen molar-refractivity contribution in [1.82, 2.24) is 9.88 Å². The fourth-order valence-corrected chi connectivity index (χ4v) is 6.37. The molecule has 0 bridgehead atoms. The van der Waals surface area contributed by atoms with E-state index in [-0.39, 0.29) is 17.6 Å². The Hall–Kier alpha value is -2.55. The first kappa shape index (κ1) is 25.7. The van der Waals surface area contributed by atoms with Crippen LogP contribution in [0.4, 0.5) is 10.2 Å². The molecule has 1 spiro atoms. The van der Waals surface area contributed by atoms with Crippen LogP contribution < -0.4 is 5.32 Å². The standard InChI is InChI=1S/C30H38FN3O4/c31-21-7-9-24(26-17-30(11-12-30)19-38-26)25(16-21)27(29(35)36)34-14-10-23(18-34)37-15-2-1-5-22-8-6-20-4-3-13-32-28(20)33-22/h6-9,16,23,26-27H,1-5,10-15,17-19H2,(H,32,33)(H,35,36)/t23-,26?,27?/m1/s1. The molecule has 1 aromatic carbocycles. The Kier molecular flexibility index (Phi) is 7.38. The average molecular weight is 524 g/mol. The van der Waals surface area contributed by atoms with E-state index in [0.717, 1.165) is 81.4 Å². The van der Waals surface area contributed by atoms with E-state index >= 15 is 0 Å². The first-order valence-electron chi connectivity index (χ1n) is 14.2. The number of nitrogens with one attached hydrogen (secondary N) is 1. The minimum Gasteiger partial charge on any atom is -0.480 e.